The number of fused-ring (bicyclic) bond motifs is 1. The van der Waals surface area contributed by atoms with Crippen molar-refractivity contribution in [3.05, 3.63) is 10.9 Å². The van der Waals surface area contributed by atoms with Gasteiger partial charge in [-0.15, -0.1) is 11.3 Å². The first-order chi connectivity index (χ1) is 9.51. The highest BCUT2D eigenvalue weighted by Gasteiger charge is 2.10. The Morgan fingerprint density at radius 1 is 1.45 bits per heavy atom. The minimum absolute atomic E-state index is 0.331. The Kier molecular flexibility index (Phi) is 4.77. The van der Waals surface area contributed by atoms with E-state index in [4.69, 9.17) is 5.73 Å². The van der Waals surface area contributed by atoms with E-state index >= 15 is 0 Å². The Morgan fingerprint density at radius 2 is 2.20 bits per heavy atom. The molecule has 2 aromatic rings. The van der Waals surface area contributed by atoms with E-state index in [1.807, 2.05) is 0 Å². The number of anilines is 2. The number of aromatic nitrogens is 2. The van der Waals surface area contributed by atoms with E-state index < -0.39 is 0 Å². The van der Waals surface area contributed by atoms with Gasteiger partial charge in [0.2, 0.25) is 5.95 Å². The Morgan fingerprint density at radius 3 is 2.90 bits per heavy atom. The van der Waals surface area contributed by atoms with Crippen LogP contribution < -0.4 is 11.1 Å². The van der Waals surface area contributed by atoms with E-state index in [9.17, 15) is 0 Å². The standard InChI is InChI=1S/C14H23N5S/c1-5-9(2)19(4)7-6-16-12-11-8-10(3)20-13(11)18-14(15)17-12/h8-9H,5-7H2,1-4H3,(H3,15,16,17,18). The number of nitrogen functional groups attached to an aromatic ring is 1. The quantitative estimate of drug-likeness (QED) is 0.857. The van der Waals surface area contributed by atoms with Gasteiger partial charge in [0.25, 0.3) is 0 Å². The van der Waals surface area contributed by atoms with E-state index in [-0.39, 0.29) is 0 Å². The second kappa shape index (κ2) is 6.37. The van der Waals surface area contributed by atoms with Crippen molar-refractivity contribution in [1.29, 1.82) is 0 Å². The minimum atomic E-state index is 0.331. The van der Waals surface area contributed by atoms with Crippen molar-refractivity contribution in [1.82, 2.24) is 14.9 Å². The third kappa shape index (κ3) is 3.37. The Hall–Kier alpha value is -1.40. The SMILES string of the molecule is CCC(C)N(C)CCNc1nc(N)nc2sc(C)cc12. The third-order valence-electron chi connectivity index (χ3n) is 3.63. The molecule has 0 aliphatic heterocycles. The van der Waals surface area contributed by atoms with Crippen LogP contribution in [0, 0.1) is 6.92 Å². The van der Waals surface area contributed by atoms with Gasteiger partial charge in [0.05, 0.1) is 5.39 Å². The summed E-state index contributed by atoms with van der Waals surface area (Å²) in [5, 5.41) is 4.45. The molecule has 2 heterocycles. The number of hydrogen-bond donors (Lipinski definition) is 2. The summed E-state index contributed by atoms with van der Waals surface area (Å²) in [6.45, 7) is 8.34. The lowest BCUT2D eigenvalue weighted by molar-refractivity contribution is 0.261. The van der Waals surface area contributed by atoms with Crippen LogP contribution in [0.25, 0.3) is 10.2 Å². The van der Waals surface area contributed by atoms with Crippen molar-refractivity contribution >= 4 is 33.3 Å². The molecule has 1 atom stereocenters. The maximum atomic E-state index is 5.77. The van der Waals surface area contributed by atoms with Gasteiger partial charge >= 0.3 is 0 Å². The average molecular weight is 293 g/mol. The van der Waals surface area contributed by atoms with E-state index in [0.717, 1.165) is 35.5 Å². The molecule has 3 N–H and O–H groups in total. The number of rotatable bonds is 6. The van der Waals surface area contributed by atoms with Gasteiger partial charge < -0.3 is 16.0 Å². The molecule has 0 saturated heterocycles. The zero-order chi connectivity index (χ0) is 14.7. The van der Waals surface area contributed by atoms with E-state index in [2.05, 4.69) is 54.1 Å². The molecule has 1 unspecified atom stereocenters. The summed E-state index contributed by atoms with van der Waals surface area (Å²) < 4.78 is 0. The predicted molar refractivity (Wildman–Crippen MR) is 87.4 cm³/mol. The molecule has 0 amide bonds. The molecule has 0 aliphatic carbocycles. The highest BCUT2D eigenvalue weighted by molar-refractivity contribution is 7.18. The van der Waals surface area contributed by atoms with Crippen molar-refractivity contribution < 1.29 is 0 Å². The molecule has 20 heavy (non-hydrogen) atoms. The van der Waals surface area contributed by atoms with Crippen LogP contribution in [0.5, 0.6) is 0 Å². The maximum Gasteiger partial charge on any atom is 0.223 e. The lowest BCUT2D eigenvalue weighted by Gasteiger charge is -2.23. The fourth-order valence-electron chi connectivity index (χ4n) is 2.08. The lowest BCUT2D eigenvalue weighted by atomic mass is 10.2. The summed E-state index contributed by atoms with van der Waals surface area (Å²) in [6, 6.07) is 2.70. The molecule has 0 fully saturated rings. The van der Waals surface area contributed by atoms with Crippen LogP contribution in [0.15, 0.2) is 6.07 Å². The van der Waals surface area contributed by atoms with Gasteiger partial charge in [0.1, 0.15) is 10.6 Å². The monoisotopic (exact) mass is 293 g/mol. The smallest absolute Gasteiger partial charge is 0.223 e. The molecule has 0 aromatic carbocycles. The third-order valence-corrected chi connectivity index (χ3v) is 4.58. The summed E-state index contributed by atoms with van der Waals surface area (Å²) in [5.41, 5.74) is 5.77. The summed E-state index contributed by atoms with van der Waals surface area (Å²) in [6.07, 6.45) is 1.16. The van der Waals surface area contributed by atoms with Crippen molar-refractivity contribution in [2.24, 2.45) is 0 Å². The van der Waals surface area contributed by atoms with E-state index in [1.165, 1.54) is 4.88 Å². The minimum Gasteiger partial charge on any atom is -0.368 e. The second-order valence-electron chi connectivity index (χ2n) is 5.17. The Balaban J connectivity index is 2.06. The highest BCUT2D eigenvalue weighted by atomic mass is 32.1. The first-order valence-electron chi connectivity index (χ1n) is 6.99. The normalized spacial score (nSPS) is 13.1. The molecular weight excluding hydrogens is 270 g/mol. The number of likely N-dealkylation sites (N-methyl/N-ethyl adjacent to an activating group) is 1. The Labute approximate surface area is 124 Å². The van der Waals surface area contributed by atoms with Crippen LogP contribution in [0.2, 0.25) is 0 Å². The van der Waals surface area contributed by atoms with Gasteiger partial charge in [0, 0.05) is 24.0 Å². The molecule has 110 valence electrons. The van der Waals surface area contributed by atoms with Gasteiger partial charge in [-0.3, -0.25) is 0 Å². The van der Waals surface area contributed by atoms with Crippen LogP contribution in [-0.4, -0.2) is 41.0 Å². The fourth-order valence-corrected chi connectivity index (χ4v) is 2.96. The van der Waals surface area contributed by atoms with Crippen molar-refractivity contribution in [2.75, 3.05) is 31.2 Å². The van der Waals surface area contributed by atoms with Crippen LogP contribution in [0.1, 0.15) is 25.1 Å². The first kappa shape index (κ1) is 15.0. The number of thiophene rings is 1. The first-order valence-corrected chi connectivity index (χ1v) is 7.80. The summed E-state index contributed by atoms with van der Waals surface area (Å²) in [5.74, 6) is 1.17. The number of nitrogens with zero attached hydrogens (tertiary/aromatic N) is 3. The van der Waals surface area contributed by atoms with E-state index in [0.29, 0.717) is 12.0 Å². The van der Waals surface area contributed by atoms with Crippen LogP contribution in [-0.2, 0) is 0 Å². The largest absolute Gasteiger partial charge is 0.368 e. The van der Waals surface area contributed by atoms with Crippen molar-refractivity contribution in [3.63, 3.8) is 0 Å². The number of hydrogen-bond acceptors (Lipinski definition) is 6. The molecule has 0 bridgehead atoms. The fraction of sp³-hybridized carbons (Fsp3) is 0.571. The zero-order valence-corrected chi connectivity index (χ0v) is 13.4. The van der Waals surface area contributed by atoms with Gasteiger partial charge in [0.15, 0.2) is 0 Å². The van der Waals surface area contributed by atoms with E-state index in [1.54, 1.807) is 11.3 Å². The van der Waals surface area contributed by atoms with Crippen LogP contribution in [0.4, 0.5) is 11.8 Å². The van der Waals surface area contributed by atoms with Crippen molar-refractivity contribution in [2.45, 2.75) is 33.2 Å². The summed E-state index contributed by atoms with van der Waals surface area (Å²) in [4.78, 5) is 13.1. The topological polar surface area (TPSA) is 67.1 Å². The van der Waals surface area contributed by atoms with Gasteiger partial charge in [-0.1, -0.05) is 6.92 Å². The molecular formula is C14H23N5S. The summed E-state index contributed by atoms with van der Waals surface area (Å²) in [7, 11) is 2.15. The highest BCUT2D eigenvalue weighted by Crippen LogP contribution is 2.28. The van der Waals surface area contributed by atoms with Gasteiger partial charge in [-0.05, 0) is 33.4 Å². The number of nitrogens with two attached hydrogens (primary N) is 1. The predicted octanol–water partition coefficient (Wildman–Crippen LogP) is 2.72. The Bertz CT molecular complexity index is 580. The molecule has 0 saturated carbocycles. The number of nitrogens with one attached hydrogen (secondary N) is 1. The molecule has 0 aliphatic rings. The summed E-state index contributed by atoms with van der Waals surface area (Å²) >= 11 is 1.65. The average Bonchev–Trinajstić information content (AvgIpc) is 2.77. The maximum absolute atomic E-state index is 5.77. The van der Waals surface area contributed by atoms with Gasteiger partial charge in [-0.25, -0.2) is 4.98 Å². The molecule has 6 heteroatoms. The lowest BCUT2D eigenvalue weighted by Crippen LogP contribution is -2.32. The number of aryl methyl sites for hydroxylation is 1. The molecule has 5 nitrogen and oxygen atoms in total. The molecule has 0 radical (unpaired) electrons. The second-order valence-corrected chi connectivity index (χ2v) is 6.41. The van der Waals surface area contributed by atoms with Crippen molar-refractivity contribution in [3.8, 4) is 0 Å². The van der Waals surface area contributed by atoms with Crippen LogP contribution in [0.3, 0.4) is 0 Å². The van der Waals surface area contributed by atoms with Gasteiger partial charge in [-0.2, -0.15) is 4.98 Å². The zero-order valence-electron chi connectivity index (χ0n) is 12.6. The molecule has 0 spiro atoms. The van der Waals surface area contributed by atoms with Crippen LogP contribution >= 0.6 is 11.3 Å². The molecule has 2 aromatic heterocycles. The molecule has 2 rings (SSSR count).